The number of amides is 1. The molecule has 0 radical (unpaired) electrons. The van der Waals surface area contributed by atoms with Crippen LogP contribution in [0.2, 0.25) is 0 Å². The molecule has 126 valence electrons. The Morgan fingerprint density at radius 1 is 1.39 bits per heavy atom. The van der Waals surface area contributed by atoms with E-state index in [4.69, 9.17) is 10.5 Å². The number of hydrogen-bond acceptors (Lipinski definition) is 5. The molecule has 0 saturated carbocycles. The van der Waals surface area contributed by atoms with Gasteiger partial charge in [0.15, 0.2) is 0 Å². The fourth-order valence-corrected chi connectivity index (χ4v) is 2.96. The molecule has 6 heteroatoms. The first-order chi connectivity index (χ1) is 11.2. The molecule has 3 N–H and O–H groups in total. The third-order valence-corrected chi connectivity index (χ3v) is 4.15. The molecule has 2 atom stereocenters. The van der Waals surface area contributed by atoms with Crippen molar-refractivity contribution in [2.45, 2.75) is 37.9 Å². The van der Waals surface area contributed by atoms with E-state index in [1.807, 2.05) is 18.2 Å². The minimum Gasteiger partial charge on any atom is -0.467 e. The van der Waals surface area contributed by atoms with Gasteiger partial charge >= 0.3 is 5.97 Å². The summed E-state index contributed by atoms with van der Waals surface area (Å²) in [7, 11) is 1.31. The molecule has 1 aromatic carbocycles. The lowest BCUT2D eigenvalue weighted by Gasteiger charge is -2.25. The molecule has 1 saturated heterocycles. The van der Waals surface area contributed by atoms with Gasteiger partial charge in [-0.2, -0.15) is 0 Å². The fraction of sp³-hybridized carbons (Fsp3) is 0.529. The summed E-state index contributed by atoms with van der Waals surface area (Å²) < 4.78 is 4.73. The molecule has 0 spiro atoms. The molecule has 1 heterocycles. The first-order valence-corrected chi connectivity index (χ1v) is 8.02. The Balaban J connectivity index is 1.98. The number of benzene rings is 1. The molecular formula is C17H25N3O3. The normalized spacial score (nSPS) is 19.3. The van der Waals surface area contributed by atoms with E-state index in [1.54, 1.807) is 0 Å². The largest absolute Gasteiger partial charge is 0.467 e. The Bertz CT molecular complexity index is 521. The standard InChI is InChI=1S/C17H25N3O3/c1-23-17(22)14(9-10-18)19-16(21)15-8-5-11-20(15)12-13-6-3-2-4-7-13/h2-4,6-7,14-15H,5,8-12,18H2,1H3,(H,19,21)/t14-,15-/m0/s1. The van der Waals surface area contributed by atoms with Crippen LogP contribution in [0.5, 0.6) is 0 Å². The molecule has 0 aliphatic carbocycles. The van der Waals surface area contributed by atoms with Crippen molar-refractivity contribution in [2.24, 2.45) is 5.73 Å². The number of carbonyl (C=O) groups excluding carboxylic acids is 2. The Labute approximate surface area is 137 Å². The van der Waals surface area contributed by atoms with Gasteiger partial charge in [0.05, 0.1) is 13.2 Å². The summed E-state index contributed by atoms with van der Waals surface area (Å²) in [5, 5.41) is 2.79. The molecule has 1 fully saturated rings. The number of carbonyl (C=O) groups is 2. The van der Waals surface area contributed by atoms with E-state index < -0.39 is 12.0 Å². The topological polar surface area (TPSA) is 84.7 Å². The first-order valence-electron chi connectivity index (χ1n) is 8.02. The molecule has 1 aliphatic heterocycles. The minimum atomic E-state index is -0.670. The average molecular weight is 319 g/mol. The van der Waals surface area contributed by atoms with Gasteiger partial charge in [-0.25, -0.2) is 4.79 Å². The van der Waals surface area contributed by atoms with Crippen molar-refractivity contribution in [3.8, 4) is 0 Å². The second-order valence-electron chi connectivity index (χ2n) is 5.78. The molecular weight excluding hydrogens is 294 g/mol. The lowest BCUT2D eigenvalue weighted by atomic mass is 10.1. The molecule has 1 aliphatic rings. The number of ether oxygens (including phenoxy) is 1. The predicted octanol–water partition coefficient (Wildman–Crippen LogP) is 0.658. The zero-order valence-electron chi connectivity index (χ0n) is 13.5. The van der Waals surface area contributed by atoms with Gasteiger partial charge in [-0.05, 0) is 37.9 Å². The monoisotopic (exact) mass is 319 g/mol. The Morgan fingerprint density at radius 2 is 2.13 bits per heavy atom. The van der Waals surface area contributed by atoms with Crippen LogP contribution in [-0.4, -0.2) is 49.1 Å². The van der Waals surface area contributed by atoms with E-state index in [-0.39, 0.29) is 11.9 Å². The maximum Gasteiger partial charge on any atom is 0.328 e. The first kappa shape index (κ1) is 17.4. The van der Waals surface area contributed by atoms with Crippen molar-refractivity contribution >= 4 is 11.9 Å². The molecule has 2 rings (SSSR count). The van der Waals surface area contributed by atoms with Crippen LogP contribution in [0.15, 0.2) is 30.3 Å². The number of nitrogens with one attached hydrogen (secondary N) is 1. The summed E-state index contributed by atoms with van der Waals surface area (Å²) in [4.78, 5) is 26.4. The summed E-state index contributed by atoms with van der Waals surface area (Å²) in [5.41, 5.74) is 6.69. The van der Waals surface area contributed by atoms with Crippen LogP contribution < -0.4 is 11.1 Å². The summed E-state index contributed by atoms with van der Waals surface area (Å²) in [6.45, 7) is 1.93. The van der Waals surface area contributed by atoms with Crippen molar-refractivity contribution in [2.75, 3.05) is 20.2 Å². The zero-order valence-corrected chi connectivity index (χ0v) is 13.5. The Kier molecular flexibility index (Phi) is 6.55. The van der Waals surface area contributed by atoms with Gasteiger partial charge in [0.1, 0.15) is 6.04 Å². The van der Waals surface area contributed by atoms with Crippen molar-refractivity contribution in [3.05, 3.63) is 35.9 Å². The molecule has 1 amide bonds. The van der Waals surface area contributed by atoms with Gasteiger partial charge in [0.2, 0.25) is 5.91 Å². The van der Waals surface area contributed by atoms with Crippen molar-refractivity contribution in [3.63, 3.8) is 0 Å². The number of hydrogen-bond donors (Lipinski definition) is 2. The van der Waals surface area contributed by atoms with E-state index in [0.717, 1.165) is 25.9 Å². The molecule has 0 aromatic heterocycles. The molecule has 0 bridgehead atoms. The van der Waals surface area contributed by atoms with Crippen LogP contribution in [0.25, 0.3) is 0 Å². The van der Waals surface area contributed by atoms with Gasteiger partial charge in [-0.3, -0.25) is 9.69 Å². The van der Waals surface area contributed by atoms with Crippen molar-refractivity contribution < 1.29 is 14.3 Å². The SMILES string of the molecule is COC(=O)[C@H](CCN)NC(=O)[C@@H]1CCCN1Cc1ccccc1. The summed E-state index contributed by atoms with van der Waals surface area (Å²) in [6.07, 6.45) is 2.16. The highest BCUT2D eigenvalue weighted by Gasteiger charge is 2.33. The highest BCUT2D eigenvalue weighted by molar-refractivity contribution is 5.87. The highest BCUT2D eigenvalue weighted by atomic mass is 16.5. The lowest BCUT2D eigenvalue weighted by molar-refractivity contribution is -0.145. The second kappa shape index (κ2) is 8.64. The van der Waals surface area contributed by atoms with E-state index in [1.165, 1.54) is 12.7 Å². The number of likely N-dealkylation sites (tertiary alicyclic amines) is 1. The summed E-state index contributed by atoms with van der Waals surface area (Å²) in [6, 6.07) is 9.20. The molecule has 0 unspecified atom stereocenters. The Hall–Kier alpha value is -1.92. The van der Waals surface area contributed by atoms with Crippen molar-refractivity contribution in [1.82, 2.24) is 10.2 Å². The number of nitrogens with zero attached hydrogens (tertiary/aromatic N) is 1. The van der Waals surface area contributed by atoms with Gasteiger partial charge in [-0.1, -0.05) is 30.3 Å². The molecule has 6 nitrogen and oxygen atoms in total. The highest BCUT2D eigenvalue weighted by Crippen LogP contribution is 2.20. The smallest absolute Gasteiger partial charge is 0.328 e. The minimum absolute atomic E-state index is 0.123. The van der Waals surface area contributed by atoms with E-state index in [2.05, 4.69) is 22.3 Å². The van der Waals surface area contributed by atoms with Crippen LogP contribution in [0.1, 0.15) is 24.8 Å². The van der Waals surface area contributed by atoms with Crippen LogP contribution in [-0.2, 0) is 20.9 Å². The van der Waals surface area contributed by atoms with Gasteiger partial charge in [0.25, 0.3) is 0 Å². The quantitative estimate of drug-likeness (QED) is 0.721. The average Bonchev–Trinajstić information content (AvgIpc) is 3.02. The summed E-state index contributed by atoms with van der Waals surface area (Å²) >= 11 is 0. The van der Waals surface area contributed by atoms with Crippen LogP contribution >= 0.6 is 0 Å². The zero-order chi connectivity index (χ0) is 16.7. The predicted molar refractivity (Wildman–Crippen MR) is 87.5 cm³/mol. The van der Waals surface area contributed by atoms with Crippen molar-refractivity contribution in [1.29, 1.82) is 0 Å². The number of rotatable bonds is 7. The lowest BCUT2D eigenvalue weighted by Crippen LogP contribution is -2.50. The number of nitrogens with two attached hydrogens (primary N) is 1. The van der Waals surface area contributed by atoms with Gasteiger partial charge in [-0.15, -0.1) is 0 Å². The third kappa shape index (κ3) is 4.77. The maximum absolute atomic E-state index is 12.6. The van der Waals surface area contributed by atoms with E-state index >= 15 is 0 Å². The van der Waals surface area contributed by atoms with E-state index in [0.29, 0.717) is 13.0 Å². The van der Waals surface area contributed by atoms with Gasteiger partial charge in [0, 0.05) is 6.54 Å². The van der Waals surface area contributed by atoms with Crippen LogP contribution in [0.4, 0.5) is 0 Å². The number of methoxy groups -OCH3 is 1. The number of esters is 1. The maximum atomic E-state index is 12.6. The third-order valence-electron chi connectivity index (χ3n) is 4.15. The van der Waals surface area contributed by atoms with Gasteiger partial charge < -0.3 is 15.8 Å². The molecule has 23 heavy (non-hydrogen) atoms. The van der Waals surface area contributed by atoms with Crippen LogP contribution in [0, 0.1) is 0 Å². The molecule has 1 aromatic rings. The Morgan fingerprint density at radius 3 is 2.78 bits per heavy atom. The van der Waals surface area contributed by atoms with Crippen LogP contribution in [0.3, 0.4) is 0 Å². The second-order valence-corrected chi connectivity index (χ2v) is 5.78. The van der Waals surface area contributed by atoms with E-state index in [9.17, 15) is 9.59 Å². The fourth-order valence-electron chi connectivity index (χ4n) is 2.96. The summed E-state index contributed by atoms with van der Waals surface area (Å²) in [5.74, 6) is -0.571.